The second kappa shape index (κ2) is 3.71. The average Bonchev–Trinajstić information content (AvgIpc) is 1.63. The maximum Gasteiger partial charge on any atom is 0.459 e. The molecule has 1 radical (unpaired) electrons. The summed E-state index contributed by atoms with van der Waals surface area (Å²) in [6, 6.07) is 0. The number of hydrogen-bond acceptors (Lipinski definition) is 3. The summed E-state index contributed by atoms with van der Waals surface area (Å²) in [5, 5.41) is 10.9. The zero-order valence-corrected chi connectivity index (χ0v) is 4.84. The second-order valence-corrected chi connectivity index (χ2v) is 1.13. The van der Waals surface area contributed by atoms with Gasteiger partial charge in [0.25, 0.3) is 0 Å². The van der Waals surface area contributed by atoms with E-state index in [1.807, 2.05) is 0 Å². The van der Waals surface area contributed by atoms with Crippen molar-refractivity contribution < 1.29 is 19.4 Å². The predicted molar refractivity (Wildman–Crippen MR) is 26.2 cm³/mol. The van der Waals surface area contributed by atoms with Crippen molar-refractivity contribution >= 4 is 12.2 Å². The van der Waals surface area contributed by atoms with Crippen molar-refractivity contribution in [3.63, 3.8) is 0 Å². The van der Waals surface area contributed by atoms with Gasteiger partial charge in [-0.15, -0.1) is 0 Å². The highest BCUT2D eigenvalue weighted by Gasteiger charge is 2.05. The van der Waals surface area contributed by atoms with Crippen molar-refractivity contribution in [1.82, 2.24) is 5.32 Å². The first-order chi connectivity index (χ1) is 4.16. The van der Waals surface area contributed by atoms with Gasteiger partial charge in [-0.2, -0.15) is 0 Å². The Morgan fingerprint density at radius 3 is 2.44 bits per heavy atom. The first-order valence-corrected chi connectivity index (χ1v) is 2.31. The molecule has 0 aromatic heterocycles. The Labute approximate surface area is 51.6 Å². The van der Waals surface area contributed by atoms with Crippen molar-refractivity contribution in [2.24, 2.45) is 0 Å². The Kier molecular flexibility index (Phi) is 3.19. The van der Waals surface area contributed by atoms with Crippen LogP contribution >= 0.6 is 0 Å². The molecule has 51 valence electrons. The fourth-order valence-electron chi connectivity index (χ4n) is 0.251. The fraction of sp³-hybridized carbons (Fsp3) is 0.500. The first kappa shape index (κ1) is 7.74. The summed E-state index contributed by atoms with van der Waals surface area (Å²) in [7, 11) is 0. The highest BCUT2D eigenvalue weighted by Crippen LogP contribution is 1.74. The maximum atomic E-state index is 10.1. The second-order valence-electron chi connectivity index (χ2n) is 1.13. The van der Waals surface area contributed by atoms with Gasteiger partial charge in [0.2, 0.25) is 0 Å². The fourth-order valence-corrected chi connectivity index (χ4v) is 0.251. The maximum absolute atomic E-state index is 10.1. The summed E-state index contributed by atoms with van der Waals surface area (Å²) in [5.41, 5.74) is 0. The third-order valence-electron chi connectivity index (χ3n) is 0.480. The Balaban J connectivity index is 3.39. The van der Waals surface area contributed by atoms with Crippen LogP contribution in [0.1, 0.15) is 6.92 Å². The van der Waals surface area contributed by atoms with E-state index in [1.165, 1.54) is 5.32 Å². The molecule has 5 heteroatoms. The third kappa shape index (κ3) is 4.60. The summed E-state index contributed by atoms with van der Waals surface area (Å²) in [5.74, 6) is 0. The van der Waals surface area contributed by atoms with Gasteiger partial charge in [-0.05, 0) is 6.92 Å². The van der Waals surface area contributed by atoms with Crippen LogP contribution in [-0.4, -0.2) is 18.8 Å². The van der Waals surface area contributed by atoms with Crippen LogP contribution in [0.25, 0.3) is 0 Å². The molecular weight excluding hydrogens is 126 g/mol. The lowest BCUT2D eigenvalue weighted by molar-refractivity contribution is 0.137. The summed E-state index contributed by atoms with van der Waals surface area (Å²) < 4.78 is 4.18. The Morgan fingerprint density at radius 2 is 2.11 bits per heavy atom. The van der Waals surface area contributed by atoms with Crippen LogP contribution in [0.2, 0.25) is 0 Å². The van der Waals surface area contributed by atoms with Crippen molar-refractivity contribution in [3.8, 4) is 0 Å². The molecule has 9 heavy (non-hydrogen) atoms. The number of carbonyl (C=O) groups is 2. The SMILES string of the molecule is CCOC(=O)NC([O])=O. The van der Waals surface area contributed by atoms with Crippen molar-refractivity contribution in [3.05, 3.63) is 0 Å². The molecule has 0 rings (SSSR count). The lowest BCUT2D eigenvalue weighted by atomic mass is 10.9. The highest BCUT2D eigenvalue weighted by atomic mass is 16.6. The van der Waals surface area contributed by atoms with E-state index >= 15 is 0 Å². The summed E-state index contributed by atoms with van der Waals surface area (Å²) in [6.07, 6.45) is -2.66. The van der Waals surface area contributed by atoms with Crippen molar-refractivity contribution in [2.45, 2.75) is 6.92 Å². The van der Waals surface area contributed by atoms with Crippen LogP contribution in [-0.2, 0) is 9.84 Å². The molecule has 0 atom stereocenters. The minimum atomic E-state index is -1.66. The number of amides is 2. The molecule has 0 fully saturated rings. The quantitative estimate of drug-likeness (QED) is 0.556. The molecule has 1 N–H and O–H groups in total. The summed E-state index contributed by atoms with van der Waals surface area (Å²) >= 11 is 0. The van der Waals surface area contributed by atoms with E-state index in [-0.39, 0.29) is 6.61 Å². The minimum Gasteiger partial charge on any atom is -0.449 e. The standard InChI is InChI=1S/C4H6NO4/c1-2-9-4(8)5-3(6)7/h2H2,1H3,(H,5,8). The molecule has 0 heterocycles. The van der Waals surface area contributed by atoms with Crippen LogP contribution in [0.15, 0.2) is 0 Å². The van der Waals surface area contributed by atoms with Gasteiger partial charge in [-0.1, -0.05) is 0 Å². The summed E-state index contributed by atoms with van der Waals surface area (Å²) in [6.45, 7) is 1.70. The Morgan fingerprint density at radius 1 is 1.56 bits per heavy atom. The van der Waals surface area contributed by atoms with E-state index in [1.54, 1.807) is 6.92 Å². The van der Waals surface area contributed by atoms with Gasteiger partial charge in [0.15, 0.2) is 0 Å². The van der Waals surface area contributed by atoms with Crippen LogP contribution < -0.4 is 5.32 Å². The minimum absolute atomic E-state index is 0.138. The molecule has 0 saturated carbocycles. The normalized spacial score (nSPS) is 8.11. The number of rotatable bonds is 1. The monoisotopic (exact) mass is 132 g/mol. The van der Waals surface area contributed by atoms with E-state index in [0.29, 0.717) is 0 Å². The van der Waals surface area contributed by atoms with Crippen molar-refractivity contribution in [2.75, 3.05) is 6.61 Å². The predicted octanol–water partition coefficient (Wildman–Crippen LogP) is 0.283. The first-order valence-electron chi connectivity index (χ1n) is 2.31. The molecule has 0 aliphatic carbocycles. The van der Waals surface area contributed by atoms with E-state index in [4.69, 9.17) is 0 Å². The van der Waals surface area contributed by atoms with Gasteiger partial charge in [0.05, 0.1) is 6.61 Å². The number of hydrogen-bond donors (Lipinski definition) is 1. The number of carbonyl (C=O) groups excluding carboxylic acids is 2. The summed E-state index contributed by atoms with van der Waals surface area (Å²) in [4.78, 5) is 19.7. The number of imide groups is 1. The van der Waals surface area contributed by atoms with Gasteiger partial charge in [-0.3, -0.25) is 0 Å². The zero-order valence-electron chi connectivity index (χ0n) is 4.84. The third-order valence-corrected chi connectivity index (χ3v) is 0.480. The van der Waals surface area contributed by atoms with Crippen LogP contribution in [0, 0.1) is 0 Å². The van der Waals surface area contributed by atoms with E-state index in [0.717, 1.165) is 0 Å². The molecule has 2 amide bonds. The molecule has 5 nitrogen and oxygen atoms in total. The van der Waals surface area contributed by atoms with Gasteiger partial charge >= 0.3 is 12.2 Å². The van der Waals surface area contributed by atoms with Gasteiger partial charge < -0.3 is 4.74 Å². The van der Waals surface area contributed by atoms with Crippen LogP contribution in [0.3, 0.4) is 0 Å². The largest absolute Gasteiger partial charge is 0.459 e. The molecule has 0 aromatic rings. The number of alkyl carbamates (subject to hydrolysis) is 1. The van der Waals surface area contributed by atoms with Crippen molar-refractivity contribution in [1.29, 1.82) is 0 Å². The van der Waals surface area contributed by atoms with E-state index < -0.39 is 12.2 Å². The van der Waals surface area contributed by atoms with Gasteiger partial charge in [0.1, 0.15) is 0 Å². The molecule has 0 unspecified atom stereocenters. The average molecular weight is 132 g/mol. The molecular formula is C4H6NO4. The Bertz CT molecular complexity index is 122. The highest BCUT2D eigenvalue weighted by molar-refractivity contribution is 5.85. The topological polar surface area (TPSA) is 75.3 Å². The molecule has 0 bridgehead atoms. The lowest BCUT2D eigenvalue weighted by Gasteiger charge is -1.96. The lowest BCUT2D eigenvalue weighted by Crippen LogP contribution is -2.28. The number of ether oxygens (including phenoxy) is 1. The molecule has 0 aromatic carbocycles. The Hall–Kier alpha value is -1.26. The molecule has 0 aliphatic heterocycles. The molecule has 0 aliphatic rings. The van der Waals surface area contributed by atoms with Crippen LogP contribution in [0.4, 0.5) is 9.59 Å². The number of nitrogens with one attached hydrogen (secondary N) is 1. The van der Waals surface area contributed by atoms with Crippen LogP contribution in [0.5, 0.6) is 0 Å². The van der Waals surface area contributed by atoms with E-state index in [2.05, 4.69) is 4.74 Å². The zero-order chi connectivity index (χ0) is 7.28. The van der Waals surface area contributed by atoms with Gasteiger partial charge in [-0.25, -0.2) is 20.0 Å². The van der Waals surface area contributed by atoms with Gasteiger partial charge in [0, 0.05) is 0 Å². The smallest absolute Gasteiger partial charge is 0.449 e. The molecule has 0 saturated heterocycles. The molecule has 0 spiro atoms. The van der Waals surface area contributed by atoms with E-state index in [9.17, 15) is 14.7 Å².